The van der Waals surface area contributed by atoms with Crippen molar-refractivity contribution >= 4 is 11.9 Å². The summed E-state index contributed by atoms with van der Waals surface area (Å²) in [6.07, 6.45) is 5.93. The number of amides is 1. The Bertz CT molecular complexity index is 384. The molecule has 2 heterocycles. The predicted molar refractivity (Wildman–Crippen MR) is 86.4 cm³/mol. The molecule has 2 aliphatic heterocycles. The van der Waals surface area contributed by atoms with Crippen LogP contribution >= 0.6 is 0 Å². The molecule has 0 radical (unpaired) electrons. The fourth-order valence-electron chi connectivity index (χ4n) is 3.51. The van der Waals surface area contributed by atoms with E-state index >= 15 is 0 Å². The highest BCUT2D eigenvalue weighted by atomic mass is 16.2. The van der Waals surface area contributed by atoms with Crippen molar-refractivity contribution in [3.8, 4) is 0 Å². The van der Waals surface area contributed by atoms with Gasteiger partial charge in [-0.3, -0.25) is 9.79 Å². The normalized spacial score (nSPS) is 22.0. The van der Waals surface area contributed by atoms with Crippen molar-refractivity contribution < 1.29 is 4.79 Å². The van der Waals surface area contributed by atoms with Crippen LogP contribution in [0.3, 0.4) is 0 Å². The van der Waals surface area contributed by atoms with Gasteiger partial charge < -0.3 is 15.1 Å². The van der Waals surface area contributed by atoms with Gasteiger partial charge in [-0.25, -0.2) is 0 Å². The third-order valence-electron chi connectivity index (χ3n) is 5.31. The first kappa shape index (κ1) is 16.1. The second kappa shape index (κ2) is 7.14. The Morgan fingerprint density at radius 2 is 1.81 bits per heavy atom. The van der Waals surface area contributed by atoms with Gasteiger partial charge in [-0.15, -0.1) is 0 Å². The van der Waals surface area contributed by atoms with Crippen LogP contribution in [0.15, 0.2) is 4.99 Å². The lowest BCUT2D eigenvalue weighted by atomic mass is 9.82. The molecule has 2 aliphatic rings. The molecule has 0 unspecified atom stereocenters. The summed E-state index contributed by atoms with van der Waals surface area (Å²) in [5.41, 5.74) is 0.427. The van der Waals surface area contributed by atoms with E-state index in [1.807, 2.05) is 4.90 Å². The number of nitrogens with zero attached hydrogens (tertiary/aromatic N) is 3. The maximum absolute atomic E-state index is 12.1. The fraction of sp³-hybridized carbons (Fsp3) is 0.875. The van der Waals surface area contributed by atoms with Crippen molar-refractivity contribution in [1.82, 2.24) is 15.1 Å². The first-order valence-electron chi connectivity index (χ1n) is 8.37. The molecule has 2 fully saturated rings. The molecule has 5 heteroatoms. The number of guanidine groups is 1. The standard InChI is InChI=1S/C16H30N4O/c1-4-16(5-2)8-11-20(13-16)15(17-3)18-12-14(21)19-9-6-7-10-19/h4-13H2,1-3H3,(H,17,18). The molecule has 0 aromatic heterocycles. The number of hydrogen-bond acceptors (Lipinski definition) is 2. The largest absolute Gasteiger partial charge is 0.347 e. The summed E-state index contributed by atoms with van der Waals surface area (Å²) < 4.78 is 0. The Morgan fingerprint density at radius 1 is 1.14 bits per heavy atom. The van der Waals surface area contributed by atoms with Gasteiger partial charge in [0.05, 0.1) is 6.54 Å². The van der Waals surface area contributed by atoms with E-state index in [0.29, 0.717) is 12.0 Å². The Labute approximate surface area is 128 Å². The van der Waals surface area contributed by atoms with Gasteiger partial charge in [-0.05, 0) is 37.5 Å². The highest BCUT2D eigenvalue weighted by molar-refractivity contribution is 5.86. The van der Waals surface area contributed by atoms with Crippen LogP contribution in [0, 0.1) is 5.41 Å². The van der Waals surface area contributed by atoms with Crippen molar-refractivity contribution in [3.05, 3.63) is 0 Å². The second-order valence-corrected chi connectivity index (χ2v) is 6.37. The lowest BCUT2D eigenvalue weighted by Gasteiger charge is -2.28. The van der Waals surface area contributed by atoms with Crippen LogP contribution in [-0.4, -0.2) is 61.4 Å². The number of rotatable bonds is 4. The van der Waals surface area contributed by atoms with Crippen LogP contribution in [-0.2, 0) is 4.79 Å². The Morgan fingerprint density at radius 3 is 2.33 bits per heavy atom. The predicted octanol–water partition coefficient (Wildman–Crippen LogP) is 1.70. The van der Waals surface area contributed by atoms with E-state index in [1.165, 1.54) is 19.3 Å². The van der Waals surface area contributed by atoms with Crippen LogP contribution in [0.5, 0.6) is 0 Å². The van der Waals surface area contributed by atoms with Gasteiger partial charge >= 0.3 is 0 Å². The Hall–Kier alpha value is -1.26. The van der Waals surface area contributed by atoms with Gasteiger partial charge in [0.15, 0.2) is 5.96 Å². The second-order valence-electron chi connectivity index (χ2n) is 6.37. The van der Waals surface area contributed by atoms with Gasteiger partial charge in [0.1, 0.15) is 0 Å². The molecule has 2 saturated heterocycles. The van der Waals surface area contributed by atoms with Crippen molar-refractivity contribution in [2.24, 2.45) is 10.4 Å². The number of carbonyl (C=O) groups excluding carboxylic acids is 1. The third kappa shape index (κ3) is 3.69. The lowest BCUT2D eigenvalue weighted by Crippen LogP contribution is -2.45. The van der Waals surface area contributed by atoms with E-state index in [-0.39, 0.29) is 5.91 Å². The van der Waals surface area contributed by atoms with Crippen LogP contribution in [0.1, 0.15) is 46.0 Å². The molecule has 0 saturated carbocycles. The van der Waals surface area contributed by atoms with E-state index in [4.69, 9.17) is 0 Å². The quantitative estimate of drug-likeness (QED) is 0.634. The van der Waals surface area contributed by atoms with Crippen LogP contribution < -0.4 is 5.32 Å². The molecule has 21 heavy (non-hydrogen) atoms. The topological polar surface area (TPSA) is 47.9 Å². The van der Waals surface area contributed by atoms with E-state index < -0.39 is 0 Å². The summed E-state index contributed by atoms with van der Waals surface area (Å²) in [5.74, 6) is 1.08. The van der Waals surface area contributed by atoms with E-state index in [1.54, 1.807) is 7.05 Å². The Balaban J connectivity index is 1.85. The molecule has 5 nitrogen and oxygen atoms in total. The average Bonchev–Trinajstić information content (AvgIpc) is 3.18. The summed E-state index contributed by atoms with van der Waals surface area (Å²) in [6.45, 7) is 8.85. The molecular formula is C16H30N4O. The fourth-order valence-corrected chi connectivity index (χ4v) is 3.51. The van der Waals surface area contributed by atoms with E-state index in [9.17, 15) is 4.79 Å². The molecule has 120 valence electrons. The summed E-state index contributed by atoms with van der Waals surface area (Å²) in [5, 5.41) is 3.26. The van der Waals surface area contributed by atoms with E-state index in [2.05, 4.69) is 29.1 Å². The maximum atomic E-state index is 12.1. The molecule has 0 spiro atoms. The SMILES string of the molecule is CCC1(CC)CCN(C(=NC)NCC(=O)N2CCCC2)C1. The lowest BCUT2D eigenvalue weighted by molar-refractivity contribution is -0.128. The molecule has 0 atom stereocenters. The van der Waals surface area contributed by atoms with Gasteiger partial charge in [0.2, 0.25) is 5.91 Å². The summed E-state index contributed by atoms with van der Waals surface area (Å²) in [7, 11) is 1.81. The molecule has 0 aliphatic carbocycles. The van der Waals surface area contributed by atoms with Gasteiger partial charge in [0.25, 0.3) is 0 Å². The summed E-state index contributed by atoms with van der Waals surface area (Å²) in [4.78, 5) is 20.7. The molecule has 0 bridgehead atoms. The van der Waals surface area contributed by atoms with Crippen molar-refractivity contribution in [2.45, 2.75) is 46.0 Å². The zero-order valence-electron chi connectivity index (χ0n) is 13.8. The number of aliphatic imine (C=N–C) groups is 1. The van der Waals surface area contributed by atoms with Gasteiger partial charge in [0, 0.05) is 33.2 Å². The van der Waals surface area contributed by atoms with Crippen LogP contribution in [0.2, 0.25) is 0 Å². The zero-order chi connectivity index (χ0) is 15.3. The summed E-state index contributed by atoms with van der Waals surface area (Å²) >= 11 is 0. The van der Waals surface area contributed by atoms with Crippen molar-refractivity contribution in [2.75, 3.05) is 39.8 Å². The van der Waals surface area contributed by atoms with Crippen LogP contribution in [0.4, 0.5) is 0 Å². The van der Waals surface area contributed by atoms with Crippen LogP contribution in [0.25, 0.3) is 0 Å². The molecule has 1 amide bonds. The monoisotopic (exact) mass is 294 g/mol. The molecule has 0 aromatic rings. The molecule has 1 N–H and O–H groups in total. The minimum atomic E-state index is 0.199. The minimum Gasteiger partial charge on any atom is -0.347 e. The smallest absolute Gasteiger partial charge is 0.241 e. The van der Waals surface area contributed by atoms with E-state index in [0.717, 1.165) is 45.0 Å². The number of likely N-dealkylation sites (tertiary alicyclic amines) is 2. The number of carbonyl (C=O) groups is 1. The molecule has 0 aromatic carbocycles. The Kier molecular flexibility index (Phi) is 5.48. The zero-order valence-corrected chi connectivity index (χ0v) is 13.8. The summed E-state index contributed by atoms with van der Waals surface area (Å²) in [6, 6.07) is 0. The first-order valence-corrected chi connectivity index (χ1v) is 8.37. The average molecular weight is 294 g/mol. The minimum absolute atomic E-state index is 0.199. The van der Waals surface area contributed by atoms with Crippen molar-refractivity contribution in [1.29, 1.82) is 0 Å². The molecule has 2 rings (SSSR count). The highest BCUT2D eigenvalue weighted by Gasteiger charge is 2.36. The van der Waals surface area contributed by atoms with Gasteiger partial charge in [-0.1, -0.05) is 13.8 Å². The third-order valence-corrected chi connectivity index (χ3v) is 5.31. The maximum Gasteiger partial charge on any atom is 0.241 e. The highest BCUT2D eigenvalue weighted by Crippen LogP contribution is 2.36. The number of nitrogens with one attached hydrogen (secondary N) is 1. The number of hydrogen-bond donors (Lipinski definition) is 1. The van der Waals surface area contributed by atoms with Crippen molar-refractivity contribution in [3.63, 3.8) is 0 Å². The first-order chi connectivity index (χ1) is 10.1. The molecular weight excluding hydrogens is 264 g/mol. The van der Waals surface area contributed by atoms with Gasteiger partial charge in [-0.2, -0.15) is 0 Å².